The van der Waals surface area contributed by atoms with Gasteiger partial charge in [-0.15, -0.1) is 0 Å². The number of amides is 2. The van der Waals surface area contributed by atoms with Crippen molar-refractivity contribution in [3.8, 4) is 11.5 Å². The van der Waals surface area contributed by atoms with E-state index in [9.17, 15) is 9.59 Å². The number of hydrogen-bond acceptors (Lipinski definition) is 4. The van der Waals surface area contributed by atoms with E-state index < -0.39 is 11.8 Å². The zero-order chi connectivity index (χ0) is 16.2. The first-order chi connectivity index (χ1) is 11.1. The maximum absolute atomic E-state index is 12.0. The smallest absolute Gasteiger partial charge is 0.313 e. The molecule has 1 aliphatic rings. The first-order valence-corrected chi connectivity index (χ1v) is 7.20. The van der Waals surface area contributed by atoms with Gasteiger partial charge in [-0.2, -0.15) is 0 Å². The van der Waals surface area contributed by atoms with Gasteiger partial charge < -0.3 is 20.1 Å². The van der Waals surface area contributed by atoms with Gasteiger partial charge in [0.25, 0.3) is 0 Å². The lowest BCUT2D eigenvalue weighted by Crippen LogP contribution is -2.36. The van der Waals surface area contributed by atoms with Gasteiger partial charge in [0.05, 0.1) is 6.04 Å². The van der Waals surface area contributed by atoms with Crippen molar-refractivity contribution >= 4 is 17.5 Å². The second kappa shape index (κ2) is 6.39. The van der Waals surface area contributed by atoms with Crippen molar-refractivity contribution in [2.24, 2.45) is 0 Å². The Hall–Kier alpha value is -3.02. The number of hydrogen-bond donors (Lipinski definition) is 2. The molecule has 2 amide bonds. The van der Waals surface area contributed by atoms with E-state index in [1.165, 1.54) is 0 Å². The molecule has 1 aliphatic heterocycles. The van der Waals surface area contributed by atoms with Crippen LogP contribution < -0.4 is 20.1 Å². The van der Waals surface area contributed by atoms with Crippen LogP contribution in [0.2, 0.25) is 0 Å². The SMILES string of the molecule is CC(NC(=O)C(=O)Nc1ccccc1)c1ccc2c(c1)OCO2. The van der Waals surface area contributed by atoms with Crippen LogP contribution in [0.5, 0.6) is 11.5 Å². The molecule has 1 heterocycles. The van der Waals surface area contributed by atoms with E-state index >= 15 is 0 Å². The molecule has 0 fully saturated rings. The van der Waals surface area contributed by atoms with Gasteiger partial charge in [-0.25, -0.2) is 0 Å². The molecule has 6 heteroatoms. The number of ether oxygens (including phenoxy) is 2. The van der Waals surface area contributed by atoms with Gasteiger partial charge in [0.15, 0.2) is 11.5 Å². The lowest BCUT2D eigenvalue weighted by atomic mass is 10.1. The predicted octanol–water partition coefficient (Wildman–Crippen LogP) is 2.23. The topological polar surface area (TPSA) is 76.7 Å². The summed E-state index contributed by atoms with van der Waals surface area (Å²) in [5, 5.41) is 5.20. The summed E-state index contributed by atoms with van der Waals surface area (Å²) >= 11 is 0. The van der Waals surface area contributed by atoms with Crippen molar-refractivity contribution in [2.75, 3.05) is 12.1 Å². The largest absolute Gasteiger partial charge is 0.454 e. The van der Waals surface area contributed by atoms with Crippen LogP contribution in [0.4, 0.5) is 5.69 Å². The van der Waals surface area contributed by atoms with Gasteiger partial charge in [-0.05, 0) is 36.8 Å². The number of fused-ring (bicyclic) bond motifs is 1. The summed E-state index contributed by atoms with van der Waals surface area (Å²) in [5.41, 5.74) is 1.40. The zero-order valence-corrected chi connectivity index (χ0v) is 12.5. The monoisotopic (exact) mass is 312 g/mol. The molecule has 0 aliphatic carbocycles. The average Bonchev–Trinajstić information content (AvgIpc) is 3.03. The van der Waals surface area contributed by atoms with Crippen LogP contribution in [-0.2, 0) is 9.59 Å². The summed E-state index contributed by atoms with van der Waals surface area (Å²) in [7, 11) is 0. The lowest BCUT2D eigenvalue weighted by Gasteiger charge is -2.14. The highest BCUT2D eigenvalue weighted by Gasteiger charge is 2.20. The van der Waals surface area contributed by atoms with Crippen LogP contribution in [0.15, 0.2) is 48.5 Å². The summed E-state index contributed by atoms with van der Waals surface area (Å²) in [6.07, 6.45) is 0. The summed E-state index contributed by atoms with van der Waals surface area (Å²) in [5.74, 6) is -0.0887. The molecule has 2 aromatic carbocycles. The molecule has 0 aromatic heterocycles. The number of anilines is 1. The predicted molar refractivity (Wildman–Crippen MR) is 84.2 cm³/mol. The van der Waals surface area contributed by atoms with Gasteiger partial charge in [-0.1, -0.05) is 24.3 Å². The molecule has 0 radical (unpaired) electrons. The van der Waals surface area contributed by atoms with Crippen LogP contribution >= 0.6 is 0 Å². The minimum Gasteiger partial charge on any atom is -0.454 e. The maximum Gasteiger partial charge on any atom is 0.313 e. The highest BCUT2D eigenvalue weighted by atomic mass is 16.7. The van der Waals surface area contributed by atoms with Gasteiger partial charge in [0.2, 0.25) is 6.79 Å². The molecular formula is C17H16N2O4. The highest BCUT2D eigenvalue weighted by Crippen LogP contribution is 2.34. The van der Waals surface area contributed by atoms with Crippen molar-refractivity contribution in [2.45, 2.75) is 13.0 Å². The summed E-state index contributed by atoms with van der Waals surface area (Å²) < 4.78 is 10.6. The Kier molecular flexibility index (Phi) is 4.14. The number of carbonyl (C=O) groups excluding carboxylic acids is 2. The molecule has 0 saturated heterocycles. The molecule has 6 nitrogen and oxygen atoms in total. The Morgan fingerprint density at radius 2 is 1.74 bits per heavy atom. The Balaban J connectivity index is 1.62. The third kappa shape index (κ3) is 3.42. The van der Waals surface area contributed by atoms with Crippen LogP contribution in [0, 0.1) is 0 Å². The number of nitrogens with one attached hydrogen (secondary N) is 2. The van der Waals surface area contributed by atoms with Gasteiger partial charge >= 0.3 is 11.8 Å². The maximum atomic E-state index is 12.0. The molecule has 23 heavy (non-hydrogen) atoms. The minimum absolute atomic E-state index is 0.193. The molecule has 2 N–H and O–H groups in total. The van der Waals surface area contributed by atoms with E-state index in [2.05, 4.69) is 10.6 Å². The van der Waals surface area contributed by atoms with Gasteiger partial charge in [0, 0.05) is 5.69 Å². The average molecular weight is 312 g/mol. The molecule has 118 valence electrons. The number of benzene rings is 2. The number of rotatable bonds is 3. The van der Waals surface area contributed by atoms with Crippen LogP contribution in [0.3, 0.4) is 0 Å². The van der Waals surface area contributed by atoms with E-state index in [4.69, 9.17) is 9.47 Å². The van der Waals surface area contributed by atoms with E-state index in [1.54, 1.807) is 43.3 Å². The molecule has 0 bridgehead atoms. The standard InChI is InChI=1S/C17H16N2O4/c1-11(12-7-8-14-15(9-12)23-10-22-14)18-16(20)17(21)19-13-5-3-2-4-6-13/h2-9,11H,10H2,1H3,(H,18,20)(H,19,21). The van der Waals surface area contributed by atoms with Gasteiger partial charge in [0.1, 0.15) is 0 Å². The number of carbonyl (C=O) groups is 2. The Bertz CT molecular complexity index is 731. The molecule has 0 spiro atoms. The first kappa shape index (κ1) is 14.9. The molecule has 3 rings (SSSR count). The Morgan fingerprint density at radius 3 is 2.52 bits per heavy atom. The van der Waals surface area contributed by atoms with Crippen molar-refractivity contribution in [1.29, 1.82) is 0 Å². The number of para-hydroxylation sites is 1. The van der Waals surface area contributed by atoms with E-state index in [0.717, 1.165) is 5.56 Å². The van der Waals surface area contributed by atoms with Crippen LogP contribution in [-0.4, -0.2) is 18.6 Å². The van der Waals surface area contributed by atoms with Gasteiger partial charge in [-0.3, -0.25) is 9.59 Å². The quantitative estimate of drug-likeness (QED) is 0.852. The Morgan fingerprint density at radius 1 is 1.00 bits per heavy atom. The van der Waals surface area contributed by atoms with Crippen molar-refractivity contribution in [3.63, 3.8) is 0 Å². The molecule has 0 saturated carbocycles. The summed E-state index contributed by atoms with van der Waals surface area (Å²) in [4.78, 5) is 23.9. The minimum atomic E-state index is -0.705. The third-order valence-corrected chi connectivity index (χ3v) is 3.48. The zero-order valence-electron chi connectivity index (χ0n) is 12.5. The molecule has 1 unspecified atom stereocenters. The van der Waals surface area contributed by atoms with Crippen molar-refractivity contribution in [1.82, 2.24) is 5.32 Å². The van der Waals surface area contributed by atoms with Crippen molar-refractivity contribution < 1.29 is 19.1 Å². The molecule has 1 atom stereocenters. The fourth-order valence-corrected chi connectivity index (χ4v) is 2.24. The van der Waals surface area contributed by atoms with Crippen LogP contribution in [0.25, 0.3) is 0 Å². The van der Waals surface area contributed by atoms with Crippen LogP contribution in [0.1, 0.15) is 18.5 Å². The molecular weight excluding hydrogens is 296 g/mol. The van der Waals surface area contributed by atoms with E-state index in [0.29, 0.717) is 17.2 Å². The van der Waals surface area contributed by atoms with E-state index in [1.807, 2.05) is 12.1 Å². The van der Waals surface area contributed by atoms with Crippen molar-refractivity contribution in [3.05, 3.63) is 54.1 Å². The highest BCUT2D eigenvalue weighted by molar-refractivity contribution is 6.39. The lowest BCUT2D eigenvalue weighted by molar-refractivity contribution is -0.136. The second-order valence-corrected chi connectivity index (χ2v) is 5.13. The first-order valence-electron chi connectivity index (χ1n) is 7.20. The third-order valence-electron chi connectivity index (χ3n) is 3.48. The summed E-state index contributed by atoms with van der Waals surface area (Å²) in [6, 6.07) is 13.9. The summed E-state index contributed by atoms with van der Waals surface area (Å²) in [6.45, 7) is 1.99. The normalized spacial score (nSPS) is 13.3. The van der Waals surface area contributed by atoms with E-state index in [-0.39, 0.29) is 12.8 Å². The second-order valence-electron chi connectivity index (χ2n) is 5.13. The fourth-order valence-electron chi connectivity index (χ4n) is 2.24. The molecule has 2 aromatic rings. The Labute approximate surface area is 133 Å². The fraction of sp³-hybridized carbons (Fsp3) is 0.176.